The maximum Gasteiger partial charge on any atom is 0.269 e. The lowest BCUT2D eigenvalue weighted by atomic mass is 9.52. The molecular formula is C19H16N5O2+. The number of hydrogen-bond donors (Lipinski definition) is 1. The van der Waals surface area contributed by atoms with Crippen molar-refractivity contribution in [3.05, 3.63) is 51.6 Å². The lowest BCUT2D eigenvalue weighted by molar-refractivity contribution is -0.384. The summed E-state index contributed by atoms with van der Waals surface area (Å²) < 4.78 is 0. The summed E-state index contributed by atoms with van der Waals surface area (Å²) >= 11 is 0. The van der Waals surface area contributed by atoms with Crippen molar-refractivity contribution in [2.24, 2.45) is 17.8 Å². The highest BCUT2D eigenvalue weighted by molar-refractivity contribution is 6.00. The van der Waals surface area contributed by atoms with Gasteiger partial charge >= 0.3 is 0 Å². The molecule has 1 aromatic rings. The van der Waals surface area contributed by atoms with E-state index in [1.807, 2.05) is 6.08 Å². The van der Waals surface area contributed by atoms with Crippen LogP contribution in [0.5, 0.6) is 0 Å². The Hall–Kier alpha value is -3.50. The van der Waals surface area contributed by atoms with E-state index in [0.29, 0.717) is 12.0 Å². The van der Waals surface area contributed by atoms with Crippen molar-refractivity contribution >= 4 is 11.4 Å². The molecule has 0 heterocycles. The third-order valence-corrected chi connectivity index (χ3v) is 5.47. The maximum atomic E-state index is 10.9. The molecule has 0 amide bonds. The summed E-state index contributed by atoms with van der Waals surface area (Å²) in [7, 11) is 0. The number of allylic oxidation sites excluding steroid dienone is 2. The predicted molar refractivity (Wildman–Crippen MR) is 90.9 cm³/mol. The Kier molecular flexibility index (Phi) is 4.28. The zero-order valence-electron chi connectivity index (χ0n) is 13.9. The number of benzene rings is 1. The van der Waals surface area contributed by atoms with Gasteiger partial charge in [-0.1, -0.05) is 6.08 Å². The largest absolute Gasteiger partial charge is 0.269 e. The molecule has 2 aliphatic rings. The van der Waals surface area contributed by atoms with Gasteiger partial charge in [-0.2, -0.15) is 15.8 Å². The van der Waals surface area contributed by atoms with Crippen LogP contribution in [0.3, 0.4) is 0 Å². The highest BCUT2D eigenvalue weighted by Crippen LogP contribution is 2.51. The van der Waals surface area contributed by atoms with Crippen LogP contribution in [0.25, 0.3) is 0 Å². The molecule has 2 aliphatic carbocycles. The monoisotopic (exact) mass is 346 g/mol. The normalized spacial score (nSPS) is 30.1. The summed E-state index contributed by atoms with van der Waals surface area (Å²) in [6.07, 6.45) is 4.39. The van der Waals surface area contributed by atoms with E-state index in [2.05, 4.69) is 18.2 Å². The van der Waals surface area contributed by atoms with Gasteiger partial charge < -0.3 is 0 Å². The highest BCUT2D eigenvalue weighted by Gasteiger charge is 2.60. The van der Waals surface area contributed by atoms with Crippen LogP contribution in [-0.4, -0.2) is 10.6 Å². The Morgan fingerprint density at radius 3 is 2.42 bits per heavy atom. The van der Waals surface area contributed by atoms with Gasteiger partial charge in [-0.05, 0) is 48.4 Å². The standard InChI is InChI=1S/C19H15N5O2/c20-9-16-14-3-1-2-4-15(14)17(10-21)19(11-22,18(16)23)12-5-7-13(8-6-12)24(25)26/h3,5-8,15-17,23H,1-2,4H2/p+1/t15-,16+,17+,19-/m1/s1. The summed E-state index contributed by atoms with van der Waals surface area (Å²) in [5.74, 6) is -1.70. The fourth-order valence-electron chi connectivity index (χ4n) is 4.23. The van der Waals surface area contributed by atoms with Crippen molar-refractivity contribution < 1.29 is 10.3 Å². The molecule has 0 spiro atoms. The average Bonchev–Trinajstić information content (AvgIpc) is 2.67. The van der Waals surface area contributed by atoms with Crippen LogP contribution in [0.4, 0.5) is 5.69 Å². The molecule has 7 heteroatoms. The Morgan fingerprint density at radius 2 is 1.88 bits per heavy atom. The number of nitrogens with zero attached hydrogens (tertiary/aromatic N) is 4. The molecule has 0 unspecified atom stereocenters. The Balaban J connectivity index is 2.22. The summed E-state index contributed by atoms with van der Waals surface area (Å²) in [6, 6.07) is 12.1. The van der Waals surface area contributed by atoms with Crippen LogP contribution in [0.1, 0.15) is 24.8 Å². The van der Waals surface area contributed by atoms with E-state index in [-0.39, 0.29) is 17.3 Å². The number of rotatable bonds is 2. The van der Waals surface area contributed by atoms with Crippen LogP contribution in [0.2, 0.25) is 0 Å². The fraction of sp³-hybridized carbons (Fsp3) is 0.368. The van der Waals surface area contributed by atoms with Crippen molar-refractivity contribution in [3.8, 4) is 18.2 Å². The minimum Gasteiger partial charge on any atom is -0.258 e. The van der Waals surface area contributed by atoms with Crippen LogP contribution in [0, 0.1) is 61.9 Å². The number of nitro groups is 1. The third-order valence-electron chi connectivity index (χ3n) is 5.47. The SMILES string of the molecule is N#C[C@@H]1C(=[NH2+])[C@](C#N)(c2ccc([N+](=O)[O-])cc2)[C@@H](C#N)[C@@H]2CCCC=C12. The molecule has 26 heavy (non-hydrogen) atoms. The van der Waals surface area contributed by atoms with Crippen LogP contribution >= 0.6 is 0 Å². The number of fused-ring (bicyclic) bond motifs is 1. The zero-order chi connectivity index (χ0) is 18.9. The topological polar surface area (TPSA) is 140 Å². The van der Waals surface area contributed by atoms with Crippen LogP contribution in [0.15, 0.2) is 35.9 Å². The molecule has 0 saturated heterocycles. The Labute approximate surface area is 150 Å². The van der Waals surface area contributed by atoms with Gasteiger partial charge in [0.1, 0.15) is 5.92 Å². The van der Waals surface area contributed by atoms with Crippen molar-refractivity contribution in [1.82, 2.24) is 0 Å². The van der Waals surface area contributed by atoms with Gasteiger partial charge in [-0.15, -0.1) is 0 Å². The maximum absolute atomic E-state index is 10.9. The van der Waals surface area contributed by atoms with E-state index >= 15 is 0 Å². The number of nitrogens with two attached hydrogens (primary N) is 1. The first kappa shape index (κ1) is 17.3. The Bertz CT molecular complexity index is 929. The third kappa shape index (κ3) is 2.28. The molecule has 1 aromatic carbocycles. The van der Waals surface area contributed by atoms with E-state index in [9.17, 15) is 25.9 Å². The molecular weight excluding hydrogens is 330 g/mol. The molecule has 0 bridgehead atoms. The smallest absolute Gasteiger partial charge is 0.258 e. The second kappa shape index (κ2) is 6.43. The molecule has 0 aliphatic heterocycles. The lowest BCUT2D eigenvalue weighted by Gasteiger charge is -2.43. The Morgan fingerprint density at radius 1 is 1.19 bits per heavy atom. The van der Waals surface area contributed by atoms with Gasteiger partial charge in [0.25, 0.3) is 5.69 Å². The molecule has 3 rings (SSSR count). The molecule has 128 valence electrons. The quantitative estimate of drug-likeness (QED) is 0.491. The molecule has 4 atom stereocenters. The van der Waals surface area contributed by atoms with Gasteiger partial charge in [0.15, 0.2) is 11.1 Å². The first-order valence-corrected chi connectivity index (χ1v) is 8.29. The van der Waals surface area contributed by atoms with Crippen molar-refractivity contribution in [2.75, 3.05) is 0 Å². The first-order valence-electron chi connectivity index (χ1n) is 8.29. The first-order chi connectivity index (χ1) is 12.5. The molecule has 1 saturated carbocycles. The predicted octanol–water partition coefficient (Wildman–Crippen LogP) is 1.58. The van der Waals surface area contributed by atoms with E-state index in [4.69, 9.17) is 5.41 Å². The minimum absolute atomic E-state index is 0.111. The van der Waals surface area contributed by atoms with Crippen molar-refractivity contribution in [1.29, 1.82) is 15.8 Å². The van der Waals surface area contributed by atoms with Crippen molar-refractivity contribution in [2.45, 2.75) is 24.7 Å². The molecule has 1 fully saturated rings. The van der Waals surface area contributed by atoms with E-state index in [1.165, 1.54) is 24.3 Å². The second-order valence-corrected chi connectivity index (χ2v) is 6.59. The van der Waals surface area contributed by atoms with Crippen LogP contribution in [-0.2, 0) is 5.41 Å². The van der Waals surface area contributed by atoms with Gasteiger partial charge in [-0.3, -0.25) is 15.5 Å². The fourth-order valence-corrected chi connectivity index (χ4v) is 4.23. The highest BCUT2D eigenvalue weighted by atomic mass is 16.6. The lowest BCUT2D eigenvalue weighted by Crippen LogP contribution is -2.64. The van der Waals surface area contributed by atoms with E-state index in [0.717, 1.165) is 18.4 Å². The molecule has 2 N–H and O–H groups in total. The number of non-ortho nitro benzene ring substituents is 1. The van der Waals surface area contributed by atoms with E-state index in [1.54, 1.807) is 0 Å². The summed E-state index contributed by atoms with van der Waals surface area (Å²) in [5, 5.41) is 46.9. The molecule has 0 aromatic heterocycles. The zero-order valence-corrected chi connectivity index (χ0v) is 13.9. The number of nitro benzene ring substituents is 1. The summed E-state index contributed by atoms with van der Waals surface area (Å²) in [6.45, 7) is 0. The van der Waals surface area contributed by atoms with Crippen molar-refractivity contribution in [3.63, 3.8) is 0 Å². The average molecular weight is 346 g/mol. The summed E-state index contributed by atoms with van der Waals surface area (Å²) in [4.78, 5) is 10.4. The van der Waals surface area contributed by atoms with Gasteiger partial charge in [-0.25, -0.2) is 0 Å². The van der Waals surface area contributed by atoms with Crippen LogP contribution < -0.4 is 5.41 Å². The van der Waals surface area contributed by atoms with Gasteiger partial charge in [0.05, 0.1) is 29.0 Å². The number of hydrogen-bond acceptors (Lipinski definition) is 5. The second-order valence-electron chi connectivity index (χ2n) is 6.59. The van der Waals surface area contributed by atoms with Gasteiger partial charge in [0, 0.05) is 12.1 Å². The van der Waals surface area contributed by atoms with E-state index < -0.39 is 22.2 Å². The molecule has 0 radical (unpaired) electrons. The molecule has 7 nitrogen and oxygen atoms in total. The minimum atomic E-state index is -1.47. The van der Waals surface area contributed by atoms with Gasteiger partial charge in [0.2, 0.25) is 0 Å². The number of nitriles is 3. The summed E-state index contributed by atoms with van der Waals surface area (Å²) in [5.41, 5.74) is -0.203.